The molecule has 1 aliphatic heterocycles. The number of benzene rings is 1. The molecule has 4 nitrogen and oxygen atoms in total. The highest BCUT2D eigenvalue weighted by Gasteiger charge is 2.18. The normalized spacial score (nSPS) is 14.3. The van der Waals surface area contributed by atoms with Crippen LogP contribution in [0.3, 0.4) is 0 Å². The minimum atomic E-state index is 0.754. The fourth-order valence-corrected chi connectivity index (χ4v) is 2.67. The number of ether oxygens (including phenoxy) is 1. The Kier molecular flexibility index (Phi) is 4.06. The molecule has 0 saturated carbocycles. The Balaban J connectivity index is 1.98. The highest BCUT2D eigenvalue weighted by atomic mass is 16.5. The van der Waals surface area contributed by atoms with Crippen molar-refractivity contribution in [3.8, 4) is 5.75 Å². The number of nitrogens with one attached hydrogen (secondary N) is 1. The van der Waals surface area contributed by atoms with Crippen LogP contribution in [0.25, 0.3) is 0 Å². The van der Waals surface area contributed by atoms with Crippen LogP contribution in [-0.2, 0) is 6.54 Å². The predicted octanol–water partition coefficient (Wildman–Crippen LogP) is 3.03. The molecule has 0 aliphatic carbocycles. The van der Waals surface area contributed by atoms with E-state index >= 15 is 0 Å². The van der Waals surface area contributed by atoms with Crippen LogP contribution in [0.2, 0.25) is 0 Å². The summed E-state index contributed by atoms with van der Waals surface area (Å²) >= 11 is 0. The zero-order chi connectivity index (χ0) is 14.7. The van der Waals surface area contributed by atoms with Crippen molar-refractivity contribution in [1.82, 2.24) is 10.3 Å². The van der Waals surface area contributed by atoms with E-state index in [0.717, 1.165) is 49.1 Å². The average molecular weight is 283 g/mol. The zero-order valence-corrected chi connectivity index (χ0v) is 12.6. The first-order valence-corrected chi connectivity index (χ1v) is 7.40. The standard InChI is InChI=1S/C17H21N3O/c1-13-14(12-18-2)8-9-17(19-13)20-10-5-11-21-16-7-4-3-6-15(16)20/h3-4,6-9,18H,5,10-12H2,1-2H3. The Bertz CT molecular complexity index is 627. The molecule has 1 aliphatic rings. The monoisotopic (exact) mass is 283 g/mol. The van der Waals surface area contributed by atoms with Gasteiger partial charge in [-0.05, 0) is 44.2 Å². The topological polar surface area (TPSA) is 37.4 Å². The van der Waals surface area contributed by atoms with E-state index in [4.69, 9.17) is 9.72 Å². The lowest BCUT2D eigenvalue weighted by Crippen LogP contribution is -2.19. The summed E-state index contributed by atoms with van der Waals surface area (Å²) < 4.78 is 5.81. The molecule has 110 valence electrons. The third kappa shape index (κ3) is 2.85. The Labute approximate surface area is 125 Å². The molecule has 4 heteroatoms. The molecule has 0 fully saturated rings. The van der Waals surface area contributed by atoms with Crippen LogP contribution in [0.1, 0.15) is 17.7 Å². The Morgan fingerprint density at radius 3 is 2.90 bits per heavy atom. The lowest BCUT2D eigenvalue weighted by Gasteiger charge is -2.23. The molecule has 0 amide bonds. The number of aryl methyl sites for hydroxylation is 1. The minimum absolute atomic E-state index is 0.754. The van der Waals surface area contributed by atoms with Crippen molar-refractivity contribution < 1.29 is 4.74 Å². The number of rotatable bonds is 3. The number of nitrogens with zero attached hydrogens (tertiary/aromatic N) is 2. The first kappa shape index (κ1) is 13.9. The molecule has 1 aromatic heterocycles. The molecular formula is C17H21N3O. The summed E-state index contributed by atoms with van der Waals surface area (Å²) in [6, 6.07) is 12.4. The second kappa shape index (κ2) is 6.14. The summed E-state index contributed by atoms with van der Waals surface area (Å²) in [5.41, 5.74) is 3.41. The van der Waals surface area contributed by atoms with Crippen molar-refractivity contribution in [2.45, 2.75) is 19.9 Å². The van der Waals surface area contributed by atoms with Gasteiger partial charge in [0.1, 0.15) is 11.6 Å². The SMILES string of the molecule is CNCc1ccc(N2CCCOc3ccccc32)nc1C. The van der Waals surface area contributed by atoms with E-state index < -0.39 is 0 Å². The largest absolute Gasteiger partial charge is 0.491 e. The zero-order valence-electron chi connectivity index (χ0n) is 12.6. The fraction of sp³-hybridized carbons (Fsp3) is 0.353. The van der Waals surface area contributed by atoms with Crippen LogP contribution in [0, 0.1) is 6.92 Å². The molecule has 0 unspecified atom stereocenters. The van der Waals surface area contributed by atoms with Crippen LogP contribution < -0.4 is 15.0 Å². The van der Waals surface area contributed by atoms with Crippen LogP contribution in [0.5, 0.6) is 5.75 Å². The summed E-state index contributed by atoms with van der Waals surface area (Å²) in [5, 5.41) is 3.18. The molecule has 3 rings (SSSR count). The third-order valence-electron chi connectivity index (χ3n) is 3.76. The van der Waals surface area contributed by atoms with Crippen LogP contribution >= 0.6 is 0 Å². The van der Waals surface area contributed by atoms with E-state index in [0.29, 0.717) is 0 Å². The first-order chi connectivity index (χ1) is 10.3. The van der Waals surface area contributed by atoms with Crippen molar-refractivity contribution in [2.75, 3.05) is 25.1 Å². The number of aromatic nitrogens is 1. The molecule has 2 aromatic rings. The van der Waals surface area contributed by atoms with Gasteiger partial charge in [-0.15, -0.1) is 0 Å². The lowest BCUT2D eigenvalue weighted by atomic mass is 10.2. The second-order valence-electron chi connectivity index (χ2n) is 5.27. The summed E-state index contributed by atoms with van der Waals surface area (Å²) in [6.45, 7) is 4.59. The van der Waals surface area contributed by atoms with E-state index in [-0.39, 0.29) is 0 Å². The number of anilines is 2. The van der Waals surface area contributed by atoms with Gasteiger partial charge >= 0.3 is 0 Å². The third-order valence-corrected chi connectivity index (χ3v) is 3.76. The molecule has 1 aromatic carbocycles. The van der Waals surface area contributed by atoms with Crippen molar-refractivity contribution in [3.05, 3.63) is 47.7 Å². The van der Waals surface area contributed by atoms with Gasteiger partial charge < -0.3 is 15.0 Å². The van der Waals surface area contributed by atoms with Gasteiger partial charge in [0.15, 0.2) is 0 Å². The maximum atomic E-state index is 5.81. The molecule has 0 bridgehead atoms. The van der Waals surface area contributed by atoms with E-state index in [1.807, 2.05) is 25.2 Å². The van der Waals surface area contributed by atoms with E-state index in [2.05, 4.69) is 35.3 Å². The molecule has 0 saturated heterocycles. The van der Waals surface area contributed by atoms with E-state index in [1.54, 1.807) is 0 Å². The highest BCUT2D eigenvalue weighted by molar-refractivity contribution is 5.67. The molecule has 2 heterocycles. The summed E-state index contributed by atoms with van der Waals surface area (Å²) in [6.07, 6.45) is 0.994. The van der Waals surface area contributed by atoms with Gasteiger partial charge in [0.2, 0.25) is 0 Å². The fourth-order valence-electron chi connectivity index (χ4n) is 2.67. The van der Waals surface area contributed by atoms with Gasteiger partial charge in [-0.25, -0.2) is 4.98 Å². The van der Waals surface area contributed by atoms with Gasteiger partial charge in [-0.2, -0.15) is 0 Å². The Morgan fingerprint density at radius 2 is 2.10 bits per heavy atom. The number of pyridine rings is 1. The van der Waals surface area contributed by atoms with Crippen LogP contribution in [0.15, 0.2) is 36.4 Å². The summed E-state index contributed by atoms with van der Waals surface area (Å²) in [4.78, 5) is 7.03. The minimum Gasteiger partial charge on any atom is -0.491 e. The highest BCUT2D eigenvalue weighted by Crippen LogP contribution is 2.35. The summed E-state index contributed by atoms with van der Waals surface area (Å²) in [7, 11) is 1.95. The average Bonchev–Trinajstić information content (AvgIpc) is 2.72. The van der Waals surface area contributed by atoms with Gasteiger partial charge in [0.25, 0.3) is 0 Å². The molecule has 0 spiro atoms. The maximum absolute atomic E-state index is 5.81. The van der Waals surface area contributed by atoms with Crippen LogP contribution in [0.4, 0.5) is 11.5 Å². The molecule has 1 N–H and O–H groups in total. The lowest BCUT2D eigenvalue weighted by molar-refractivity contribution is 0.322. The van der Waals surface area contributed by atoms with Crippen molar-refractivity contribution in [3.63, 3.8) is 0 Å². The van der Waals surface area contributed by atoms with E-state index in [1.165, 1.54) is 5.56 Å². The smallest absolute Gasteiger partial charge is 0.142 e. The number of fused-ring (bicyclic) bond motifs is 1. The molecule has 0 atom stereocenters. The van der Waals surface area contributed by atoms with Gasteiger partial charge in [-0.1, -0.05) is 18.2 Å². The Morgan fingerprint density at radius 1 is 1.24 bits per heavy atom. The van der Waals surface area contributed by atoms with E-state index in [9.17, 15) is 0 Å². The predicted molar refractivity (Wildman–Crippen MR) is 85.3 cm³/mol. The van der Waals surface area contributed by atoms with Gasteiger partial charge in [-0.3, -0.25) is 0 Å². The second-order valence-corrected chi connectivity index (χ2v) is 5.27. The quantitative estimate of drug-likeness (QED) is 0.939. The number of para-hydroxylation sites is 2. The summed E-state index contributed by atoms with van der Waals surface area (Å²) in [5.74, 6) is 1.93. The Hall–Kier alpha value is -2.07. The van der Waals surface area contributed by atoms with Crippen molar-refractivity contribution in [2.24, 2.45) is 0 Å². The van der Waals surface area contributed by atoms with Crippen LogP contribution in [-0.4, -0.2) is 25.2 Å². The molecule has 0 radical (unpaired) electrons. The van der Waals surface area contributed by atoms with Crippen molar-refractivity contribution in [1.29, 1.82) is 0 Å². The first-order valence-electron chi connectivity index (χ1n) is 7.40. The van der Waals surface area contributed by atoms with Gasteiger partial charge in [0.05, 0.1) is 12.3 Å². The number of hydrogen-bond acceptors (Lipinski definition) is 4. The molecular weight excluding hydrogens is 262 g/mol. The molecule has 21 heavy (non-hydrogen) atoms. The number of hydrogen-bond donors (Lipinski definition) is 1. The maximum Gasteiger partial charge on any atom is 0.142 e. The van der Waals surface area contributed by atoms with Gasteiger partial charge in [0, 0.05) is 18.8 Å². The van der Waals surface area contributed by atoms with Crippen molar-refractivity contribution >= 4 is 11.5 Å².